The van der Waals surface area contributed by atoms with Gasteiger partial charge in [0, 0.05) is 18.2 Å². The van der Waals surface area contributed by atoms with Gasteiger partial charge in [-0.3, -0.25) is 25.0 Å². The van der Waals surface area contributed by atoms with Gasteiger partial charge in [0.1, 0.15) is 5.56 Å². The van der Waals surface area contributed by atoms with E-state index < -0.39 is 27.1 Å². The summed E-state index contributed by atoms with van der Waals surface area (Å²) in [5, 5.41) is 25.0. The van der Waals surface area contributed by atoms with E-state index >= 15 is 0 Å². The van der Waals surface area contributed by atoms with Gasteiger partial charge in [-0.1, -0.05) is 29.8 Å². The van der Waals surface area contributed by atoms with Crippen LogP contribution >= 0.6 is 0 Å². The maximum absolute atomic E-state index is 12.4. The van der Waals surface area contributed by atoms with Crippen molar-refractivity contribution in [1.82, 2.24) is 5.32 Å². The SMILES string of the molecule is Cc1ccc(CC(C)NC(=O)c2cc([N+](=O)[O-])c(C)c([N+](=O)[O-])c2)cc1. The van der Waals surface area contributed by atoms with E-state index in [9.17, 15) is 25.0 Å². The fourth-order valence-corrected chi connectivity index (χ4v) is 2.63. The molecule has 8 nitrogen and oxygen atoms in total. The molecule has 0 radical (unpaired) electrons. The van der Waals surface area contributed by atoms with Crippen LogP contribution in [-0.4, -0.2) is 21.8 Å². The molecule has 136 valence electrons. The van der Waals surface area contributed by atoms with Crippen molar-refractivity contribution in [3.63, 3.8) is 0 Å². The molecule has 2 aromatic rings. The zero-order chi connectivity index (χ0) is 19.4. The summed E-state index contributed by atoms with van der Waals surface area (Å²) in [5.41, 5.74) is 1.08. The van der Waals surface area contributed by atoms with E-state index in [0.717, 1.165) is 23.3 Å². The van der Waals surface area contributed by atoms with Crippen molar-refractivity contribution in [3.05, 3.63) is 78.9 Å². The van der Waals surface area contributed by atoms with Gasteiger partial charge in [0.15, 0.2) is 0 Å². The van der Waals surface area contributed by atoms with E-state index in [1.54, 1.807) is 6.92 Å². The van der Waals surface area contributed by atoms with Crippen LogP contribution < -0.4 is 5.32 Å². The fourth-order valence-electron chi connectivity index (χ4n) is 2.63. The molecular formula is C18H19N3O5. The van der Waals surface area contributed by atoms with Gasteiger partial charge in [-0.2, -0.15) is 0 Å². The van der Waals surface area contributed by atoms with Crippen molar-refractivity contribution in [2.75, 3.05) is 0 Å². The number of nitro benzene ring substituents is 2. The zero-order valence-electron chi connectivity index (χ0n) is 14.7. The monoisotopic (exact) mass is 357 g/mol. The first kappa shape index (κ1) is 19.0. The van der Waals surface area contributed by atoms with Gasteiger partial charge in [-0.25, -0.2) is 0 Å². The van der Waals surface area contributed by atoms with E-state index in [0.29, 0.717) is 6.42 Å². The number of hydrogen-bond acceptors (Lipinski definition) is 5. The minimum Gasteiger partial charge on any atom is -0.349 e. The van der Waals surface area contributed by atoms with Gasteiger partial charge in [0.2, 0.25) is 0 Å². The molecule has 0 aliphatic heterocycles. The standard InChI is InChI=1S/C18H19N3O5/c1-11-4-6-14(7-5-11)8-12(2)19-18(22)15-9-16(20(23)24)13(3)17(10-15)21(25)26/h4-7,9-10,12H,8H2,1-3H3,(H,19,22). The molecule has 8 heteroatoms. The number of nitrogens with zero attached hydrogens (tertiary/aromatic N) is 2. The lowest BCUT2D eigenvalue weighted by Gasteiger charge is -2.14. The van der Waals surface area contributed by atoms with Crippen molar-refractivity contribution in [3.8, 4) is 0 Å². The van der Waals surface area contributed by atoms with Crippen LogP contribution in [0.1, 0.15) is 34.0 Å². The van der Waals surface area contributed by atoms with Crippen LogP contribution in [0.5, 0.6) is 0 Å². The van der Waals surface area contributed by atoms with Gasteiger partial charge in [0.25, 0.3) is 17.3 Å². The van der Waals surface area contributed by atoms with Crippen molar-refractivity contribution in [1.29, 1.82) is 0 Å². The Kier molecular flexibility index (Phi) is 5.66. The Balaban J connectivity index is 2.21. The Labute approximate surface area is 150 Å². The molecule has 0 saturated carbocycles. The molecule has 1 unspecified atom stereocenters. The predicted molar refractivity (Wildman–Crippen MR) is 96.3 cm³/mol. The van der Waals surface area contributed by atoms with E-state index in [-0.39, 0.29) is 17.2 Å². The molecule has 2 aromatic carbocycles. The summed E-state index contributed by atoms with van der Waals surface area (Å²) in [7, 11) is 0. The molecule has 1 amide bonds. The molecule has 0 heterocycles. The Bertz CT molecular complexity index is 827. The van der Waals surface area contributed by atoms with Gasteiger partial charge >= 0.3 is 0 Å². The molecule has 0 saturated heterocycles. The first-order chi connectivity index (χ1) is 12.2. The highest BCUT2D eigenvalue weighted by Crippen LogP contribution is 2.29. The second-order valence-electron chi connectivity index (χ2n) is 6.22. The second-order valence-corrected chi connectivity index (χ2v) is 6.22. The average molecular weight is 357 g/mol. The molecule has 26 heavy (non-hydrogen) atoms. The fraction of sp³-hybridized carbons (Fsp3) is 0.278. The van der Waals surface area contributed by atoms with Crippen LogP contribution in [0, 0.1) is 34.1 Å². The lowest BCUT2D eigenvalue weighted by Crippen LogP contribution is -2.34. The maximum atomic E-state index is 12.4. The Morgan fingerprint density at radius 3 is 2.00 bits per heavy atom. The van der Waals surface area contributed by atoms with Crippen molar-refractivity contribution >= 4 is 17.3 Å². The summed E-state index contributed by atoms with van der Waals surface area (Å²) < 4.78 is 0. The first-order valence-electron chi connectivity index (χ1n) is 7.99. The number of carbonyl (C=O) groups excluding carboxylic acids is 1. The molecule has 0 fully saturated rings. The lowest BCUT2D eigenvalue weighted by atomic mass is 10.0. The Morgan fingerprint density at radius 2 is 1.54 bits per heavy atom. The number of nitro groups is 2. The maximum Gasteiger partial charge on any atom is 0.279 e. The van der Waals surface area contributed by atoms with Crippen LogP contribution in [-0.2, 0) is 6.42 Å². The number of rotatable bonds is 6. The topological polar surface area (TPSA) is 115 Å². The minimum atomic E-state index is -0.727. The Morgan fingerprint density at radius 1 is 1.04 bits per heavy atom. The largest absolute Gasteiger partial charge is 0.349 e. The highest BCUT2D eigenvalue weighted by Gasteiger charge is 2.25. The second kappa shape index (κ2) is 7.73. The molecule has 1 N–H and O–H groups in total. The van der Waals surface area contributed by atoms with Gasteiger partial charge < -0.3 is 5.32 Å². The molecule has 0 aliphatic carbocycles. The summed E-state index contributed by atoms with van der Waals surface area (Å²) in [4.78, 5) is 33.2. The predicted octanol–water partition coefficient (Wildman–Crippen LogP) is 3.48. The summed E-state index contributed by atoms with van der Waals surface area (Å²) in [5.74, 6) is -0.587. The van der Waals surface area contributed by atoms with Crippen molar-refractivity contribution < 1.29 is 14.6 Å². The highest BCUT2D eigenvalue weighted by atomic mass is 16.6. The number of hydrogen-bond donors (Lipinski definition) is 1. The average Bonchev–Trinajstić information content (AvgIpc) is 2.56. The third-order valence-corrected chi connectivity index (χ3v) is 4.05. The summed E-state index contributed by atoms with van der Waals surface area (Å²) in [6.45, 7) is 5.07. The molecule has 0 aromatic heterocycles. The van der Waals surface area contributed by atoms with Gasteiger partial charge in [-0.15, -0.1) is 0 Å². The molecular weight excluding hydrogens is 338 g/mol. The molecule has 0 spiro atoms. The lowest BCUT2D eigenvalue weighted by molar-refractivity contribution is -0.395. The first-order valence-corrected chi connectivity index (χ1v) is 7.99. The summed E-state index contributed by atoms with van der Waals surface area (Å²) in [6.07, 6.45) is 0.571. The van der Waals surface area contributed by atoms with Crippen LogP contribution in [0.15, 0.2) is 36.4 Å². The van der Waals surface area contributed by atoms with Gasteiger partial charge in [-0.05, 0) is 32.8 Å². The number of nitrogens with one attached hydrogen (secondary N) is 1. The summed E-state index contributed by atoms with van der Waals surface area (Å²) >= 11 is 0. The third kappa shape index (κ3) is 4.41. The third-order valence-electron chi connectivity index (χ3n) is 4.05. The van der Waals surface area contributed by atoms with Crippen molar-refractivity contribution in [2.24, 2.45) is 0 Å². The van der Waals surface area contributed by atoms with Crippen LogP contribution in [0.4, 0.5) is 11.4 Å². The number of benzene rings is 2. The number of carbonyl (C=O) groups is 1. The zero-order valence-corrected chi connectivity index (χ0v) is 14.7. The molecule has 1 atom stereocenters. The van der Waals surface area contributed by atoms with Crippen LogP contribution in [0.3, 0.4) is 0 Å². The van der Waals surface area contributed by atoms with Crippen LogP contribution in [0.25, 0.3) is 0 Å². The summed E-state index contributed by atoms with van der Waals surface area (Å²) in [6, 6.07) is 9.74. The smallest absolute Gasteiger partial charge is 0.279 e. The molecule has 0 bridgehead atoms. The highest BCUT2D eigenvalue weighted by molar-refractivity contribution is 5.96. The quantitative estimate of drug-likeness (QED) is 0.627. The van der Waals surface area contributed by atoms with E-state index in [2.05, 4.69) is 5.32 Å². The number of amides is 1. The van der Waals surface area contributed by atoms with E-state index in [4.69, 9.17) is 0 Å². The molecule has 2 rings (SSSR count). The molecule has 0 aliphatic rings. The van der Waals surface area contributed by atoms with E-state index in [1.807, 2.05) is 31.2 Å². The van der Waals surface area contributed by atoms with Crippen molar-refractivity contribution in [2.45, 2.75) is 33.2 Å². The minimum absolute atomic E-state index is 0.0794. The Hall–Kier alpha value is -3.29. The van der Waals surface area contributed by atoms with E-state index in [1.165, 1.54) is 6.92 Å². The van der Waals surface area contributed by atoms with Crippen LogP contribution in [0.2, 0.25) is 0 Å². The van der Waals surface area contributed by atoms with Gasteiger partial charge in [0.05, 0.1) is 15.4 Å². The normalized spacial score (nSPS) is 11.7. The number of aryl methyl sites for hydroxylation is 1.